The third-order valence-electron chi connectivity index (χ3n) is 4.71. The molecule has 1 aliphatic heterocycles. The Bertz CT molecular complexity index is 1040. The Hall–Kier alpha value is -2.60. The molecule has 0 spiro atoms. The SMILES string of the molecule is C=CCNC(=O)CC1(O)CN(C(=O)c2ccc(F)c(F)c2Nc2ccc(I)cc2F)C1. The monoisotopic (exact) mass is 545 g/mol. The Kier molecular flexibility index (Phi) is 6.90. The Labute approximate surface area is 190 Å². The quantitative estimate of drug-likeness (QED) is 0.369. The summed E-state index contributed by atoms with van der Waals surface area (Å²) in [6.07, 6.45) is 1.27. The third kappa shape index (κ3) is 5.18. The van der Waals surface area contributed by atoms with Crippen molar-refractivity contribution in [3.05, 3.63) is 69.6 Å². The second kappa shape index (κ2) is 9.27. The molecule has 3 rings (SSSR count). The van der Waals surface area contributed by atoms with Crippen LogP contribution in [0, 0.1) is 21.0 Å². The molecule has 31 heavy (non-hydrogen) atoms. The van der Waals surface area contributed by atoms with E-state index in [1.54, 1.807) is 6.07 Å². The number of carbonyl (C=O) groups excluding carboxylic acids is 2. The van der Waals surface area contributed by atoms with Gasteiger partial charge < -0.3 is 20.6 Å². The number of carbonyl (C=O) groups is 2. The highest BCUT2D eigenvalue weighted by atomic mass is 127. The lowest BCUT2D eigenvalue weighted by Crippen LogP contribution is -2.64. The predicted molar refractivity (Wildman–Crippen MR) is 117 cm³/mol. The fourth-order valence-electron chi connectivity index (χ4n) is 3.21. The van der Waals surface area contributed by atoms with Gasteiger partial charge in [-0.05, 0) is 52.9 Å². The lowest BCUT2D eigenvalue weighted by Gasteiger charge is -2.46. The summed E-state index contributed by atoms with van der Waals surface area (Å²) >= 11 is 1.90. The summed E-state index contributed by atoms with van der Waals surface area (Å²) in [5, 5.41) is 15.4. The summed E-state index contributed by atoms with van der Waals surface area (Å²) in [6, 6.07) is 6.00. The first-order valence-electron chi connectivity index (χ1n) is 9.23. The van der Waals surface area contributed by atoms with Gasteiger partial charge in [-0.2, -0.15) is 0 Å². The van der Waals surface area contributed by atoms with Crippen molar-refractivity contribution in [2.45, 2.75) is 12.0 Å². The van der Waals surface area contributed by atoms with Gasteiger partial charge in [0.1, 0.15) is 11.4 Å². The standard InChI is InChI=1S/C21H19F3IN3O3/c1-2-7-26-17(29)9-21(31)10-28(11-21)20(30)13-4-5-14(22)18(24)19(13)27-16-6-3-12(25)8-15(16)23/h2-6,8,27,31H,1,7,9-11H2,(H,26,29). The number of halogens is 4. The molecule has 1 heterocycles. The Morgan fingerprint density at radius 2 is 1.90 bits per heavy atom. The first-order valence-corrected chi connectivity index (χ1v) is 10.3. The maximum Gasteiger partial charge on any atom is 0.256 e. The summed E-state index contributed by atoms with van der Waals surface area (Å²) < 4.78 is 43.1. The van der Waals surface area contributed by atoms with Gasteiger partial charge in [-0.1, -0.05) is 6.08 Å². The minimum atomic E-state index is -1.42. The lowest BCUT2D eigenvalue weighted by molar-refractivity contribution is -0.134. The average Bonchev–Trinajstić information content (AvgIpc) is 2.69. The molecule has 2 aromatic rings. The molecule has 0 unspecified atom stereocenters. The summed E-state index contributed by atoms with van der Waals surface area (Å²) in [4.78, 5) is 25.9. The minimum Gasteiger partial charge on any atom is -0.386 e. The van der Waals surface area contributed by atoms with Crippen LogP contribution in [0.5, 0.6) is 0 Å². The fraction of sp³-hybridized carbons (Fsp3) is 0.238. The molecule has 2 amide bonds. The van der Waals surface area contributed by atoms with E-state index < -0.39 is 40.6 Å². The van der Waals surface area contributed by atoms with Gasteiger partial charge >= 0.3 is 0 Å². The van der Waals surface area contributed by atoms with Crippen LogP contribution in [-0.2, 0) is 4.79 Å². The smallest absolute Gasteiger partial charge is 0.256 e. The van der Waals surface area contributed by atoms with E-state index in [0.717, 1.165) is 12.1 Å². The van der Waals surface area contributed by atoms with Crippen molar-refractivity contribution in [3.63, 3.8) is 0 Å². The van der Waals surface area contributed by atoms with Gasteiger partial charge in [0.2, 0.25) is 5.91 Å². The number of amides is 2. The Morgan fingerprint density at radius 1 is 1.19 bits per heavy atom. The van der Waals surface area contributed by atoms with Crippen LogP contribution in [-0.4, -0.2) is 47.1 Å². The van der Waals surface area contributed by atoms with E-state index in [4.69, 9.17) is 0 Å². The average molecular weight is 545 g/mol. The molecule has 0 saturated carbocycles. The molecular weight excluding hydrogens is 526 g/mol. The highest BCUT2D eigenvalue weighted by molar-refractivity contribution is 14.1. The zero-order valence-corrected chi connectivity index (χ0v) is 18.4. The first-order chi connectivity index (χ1) is 14.6. The van der Waals surface area contributed by atoms with Crippen LogP contribution in [0.2, 0.25) is 0 Å². The maximum absolute atomic E-state index is 14.5. The molecule has 1 aliphatic rings. The number of benzene rings is 2. The number of nitrogens with zero attached hydrogens (tertiary/aromatic N) is 1. The molecule has 0 bridgehead atoms. The number of hydrogen-bond donors (Lipinski definition) is 3. The van der Waals surface area contributed by atoms with E-state index in [2.05, 4.69) is 17.2 Å². The number of nitrogens with one attached hydrogen (secondary N) is 2. The molecule has 6 nitrogen and oxygen atoms in total. The lowest BCUT2D eigenvalue weighted by atomic mass is 9.89. The van der Waals surface area contributed by atoms with Crippen LogP contribution in [0.4, 0.5) is 24.5 Å². The number of rotatable bonds is 7. The molecule has 10 heteroatoms. The summed E-state index contributed by atoms with van der Waals surface area (Å²) in [5.74, 6) is -4.33. The van der Waals surface area contributed by atoms with Crippen molar-refractivity contribution in [1.29, 1.82) is 0 Å². The number of β-amino-alcohol motifs (C(OH)–C–C–N with tert-alkyl or cyclic N) is 1. The molecule has 1 fully saturated rings. The van der Waals surface area contributed by atoms with Crippen LogP contribution in [0.3, 0.4) is 0 Å². The van der Waals surface area contributed by atoms with Gasteiger partial charge in [0, 0.05) is 10.1 Å². The maximum atomic E-state index is 14.5. The van der Waals surface area contributed by atoms with Gasteiger partial charge in [0.05, 0.1) is 36.4 Å². The van der Waals surface area contributed by atoms with E-state index in [9.17, 15) is 27.9 Å². The fourth-order valence-corrected chi connectivity index (χ4v) is 3.67. The van der Waals surface area contributed by atoms with Crippen molar-refractivity contribution >= 4 is 45.8 Å². The van der Waals surface area contributed by atoms with Gasteiger partial charge in [-0.15, -0.1) is 6.58 Å². The molecule has 0 radical (unpaired) electrons. The molecular formula is C21H19F3IN3O3. The molecule has 0 aliphatic carbocycles. The molecule has 0 atom stereocenters. The zero-order chi connectivity index (χ0) is 22.8. The second-order valence-corrected chi connectivity index (χ2v) is 8.43. The molecule has 3 N–H and O–H groups in total. The van der Waals surface area contributed by atoms with E-state index >= 15 is 0 Å². The van der Waals surface area contributed by atoms with Gasteiger partial charge in [-0.3, -0.25) is 9.59 Å². The van der Waals surface area contributed by atoms with Crippen molar-refractivity contribution in [1.82, 2.24) is 10.2 Å². The highest BCUT2D eigenvalue weighted by Gasteiger charge is 2.45. The van der Waals surface area contributed by atoms with E-state index in [1.807, 2.05) is 22.6 Å². The minimum absolute atomic E-state index is 0.127. The summed E-state index contributed by atoms with van der Waals surface area (Å²) in [7, 11) is 0. The normalized spacial score (nSPS) is 14.5. The topological polar surface area (TPSA) is 81.7 Å². The zero-order valence-electron chi connectivity index (χ0n) is 16.2. The molecule has 2 aromatic carbocycles. The van der Waals surface area contributed by atoms with Crippen LogP contribution in [0.15, 0.2) is 43.0 Å². The largest absolute Gasteiger partial charge is 0.386 e. The second-order valence-electron chi connectivity index (χ2n) is 7.19. The Balaban J connectivity index is 1.79. The van der Waals surface area contributed by atoms with E-state index in [0.29, 0.717) is 3.57 Å². The van der Waals surface area contributed by atoms with Crippen molar-refractivity contribution in [2.75, 3.05) is 25.0 Å². The van der Waals surface area contributed by atoms with E-state index in [-0.39, 0.29) is 37.3 Å². The predicted octanol–water partition coefficient (Wildman–Crippen LogP) is 3.33. The number of aliphatic hydroxyl groups is 1. The molecule has 164 valence electrons. The van der Waals surface area contributed by atoms with Crippen LogP contribution in [0.25, 0.3) is 0 Å². The summed E-state index contributed by atoms with van der Waals surface area (Å²) in [6.45, 7) is 3.40. The number of anilines is 2. The van der Waals surface area contributed by atoms with Crippen molar-refractivity contribution in [3.8, 4) is 0 Å². The van der Waals surface area contributed by atoms with E-state index in [1.165, 1.54) is 23.1 Å². The number of hydrogen-bond acceptors (Lipinski definition) is 4. The van der Waals surface area contributed by atoms with Crippen LogP contribution >= 0.6 is 22.6 Å². The van der Waals surface area contributed by atoms with Gasteiger partial charge in [0.25, 0.3) is 5.91 Å². The third-order valence-corrected chi connectivity index (χ3v) is 5.38. The number of likely N-dealkylation sites (tertiary alicyclic amines) is 1. The van der Waals surface area contributed by atoms with Gasteiger partial charge in [-0.25, -0.2) is 13.2 Å². The molecule has 0 aromatic heterocycles. The highest BCUT2D eigenvalue weighted by Crippen LogP contribution is 2.32. The Morgan fingerprint density at radius 3 is 2.55 bits per heavy atom. The van der Waals surface area contributed by atoms with Crippen molar-refractivity contribution < 1.29 is 27.9 Å². The van der Waals surface area contributed by atoms with Crippen LogP contribution < -0.4 is 10.6 Å². The summed E-state index contributed by atoms with van der Waals surface area (Å²) in [5.41, 5.74) is -2.28. The first kappa shape index (κ1) is 23.1. The van der Waals surface area contributed by atoms with Crippen molar-refractivity contribution in [2.24, 2.45) is 0 Å². The molecule has 1 saturated heterocycles. The van der Waals surface area contributed by atoms with Crippen LogP contribution in [0.1, 0.15) is 16.8 Å². The van der Waals surface area contributed by atoms with Gasteiger partial charge in [0.15, 0.2) is 11.6 Å².